The smallest absolute Gasteiger partial charge is 0.326 e. The van der Waals surface area contributed by atoms with E-state index in [9.17, 15) is 29.1 Å². The molecule has 0 saturated heterocycles. The molecule has 4 amide bonds. The topological polar surface area (TPSA) is 254 Å². The lowest BCUT2D eigenvalue weighted by atomic mass is 10.0. The first-order chi connectivity index (χ1) is 23.1. The summed E-state index contributed by atoms with van der Waals surface area (Å²) in [5.74, 6) is -4.21. The molecule has 0 aliphatic rings. The van der Waals surface area contributed by atoms with Crippen LogP contribution in [0.15, 0.2) is 73.4 Å². The molecule has 3 heterocycles. The van der Waals surface area contributed by atoms with Crippen molar-refractivity contribution >= 4 is 51.4 Å². The number of primary amides is 1. The first-order valence-corrected chi connectivity index (χ1v) is 15.3. The highest BCUT2D eigenvalue weighted by Crippen LogP contribution is 2.21. The average Bonchev–Trinajstić information content (AvgIpc) is 3.83. The van der Waals surface area contributed by atoms with E-state index < -0.39 is 53.8 Å². The van der Waals surface area contributed by atoms with E-state index in [4.69, 9.17) is 11.5 Å². The van der Waals surface area contributed by atoms with Gasteiger partial charge in [-0.2, -0.15) is 0 Å². The Balaban J connectivity index is 1.35. The minimum Gasteiger partial charge on any atom is -0.480 e. The van der Waals surface area contributed by atoms with E-state index in [-0.39, 0.29) is 32.1 Å². The van der Waals surface area contributed by atoms with Crippen molar-refractivity contribution in [3.05, 3.63) is 90.3 Å². The zero-order valence-corrected chi connectivity index (χ0v) is 25.9. The summed E-state index contributed by atoms with van der Waals surface area (Å²) in [5.41, 5.74) is 15.4. The van der Waals surface area contributed by atoms with Crippen LogP contribution in [-0.4, -0.2) is 78.8 Å². The van der Waals surface area contributed by atoms with Crippen LogP contribution in [0.3, 0.4) is 0 Å². The minimum absolute atomic E-state index is 0.0309. The Morgan fingerprint density at radius 2 is 1.29 bits per heavy atom. The predicted molar refractivity (Wildman–Crippen MR) is 176 cm³/mol. The van der Waals surface area contributed by atoms with Crippen molar-refractivity contribution in [3.8, 4) is 0 Å². The fourth-order valence-corrected chi connectivity index (χ4v) is 5.55. The number of carbonyl (C=O) groups excluding carboxylic acids is 4. The highest BCUT2D eigenvalue weighted by molar-refractivity contribution is 5.95. The van der Waals surface area contributed by atoms with Gasteiger partial charge in [0.05, 0.1) is 12.4 Å². The minimum atomic E-state index is -1.37. The number of para-hydroxylation sites is 2. The van der Waals surface area contributed by atoms with E-state index in [0.29, 0.717) is 5.69 Å². The molecule has 0 saturated carbocycles. The first-order valence-electron chi connectivity index (χ1n) is 15.3. The van der Waals surface area contributed by atoms with Crippen LogP contribution in [0.4, 0.5) is 0 Å². The summed E-state index contributed by atoms with van der Waals surface area (Å²) >= 11 is 0. The summed E-state index contributed by atoms with van der Waals surface area (Å²) in [7, 11) is 0. The number of hydrogen-bond donors (Lipinski definition) is 9. The maximum Gasteiger partial charge on any atom is 0.326 e. The van der Waals surface area contributed by atoms with Gasteiger partial charge in [-0.05, 0) is 36.1 Å². The molecule has 5 rings (SSSR count). The molecular formula is C33H37N9O6. The number of hydrogen-bond acceptors (Lipinski definition) is 7. The van der Waals surface area contributed by atoms with Crippen LogP contribution >= 0.6 is 0 Å². The van der Waals surface area contributed by atoms with Crippen molar-refractivity contribution < 1.29 is 29.1 Å². The zero-order chi connectivity index (χ0) is 34.2. The van der Waals surface area contributed by atoms with Crippen molar-refractivity contribution in [1.82, 2.24) is 35.9 Å². The second-order valence-corrected chi connectivity index (χ2v) is 11.5. The molecule has 0 fully saturated rings. The molecule has 5 aromatic rings. The van der Waals surface area contributed by atoms with Gasteiger partial charge in [0.1, 0.15) is 18.1 Å². The molecule has 11 N–H and O–H groups in total. The highest BCUT2D eigenvalue weighted by atomic mass is 16.4. The van der Waals surface area contributed by atoms with Crippen molar-refractivity contribution in [3.63, 3.8) is 0 Å². The molecule has 3 aromatic heterocycles. The fraction of sp³-hybridized carbons (Fsp3) is 0.273. The summed E-state index contributed by atoms with van der Waals surface area (Å²) < 4.78 is 0. The van der Waals surface area contributed by atoms with Crippen molar-refractivity contribution in [2.45, 2.75) is 56.3 Å². The average molecular weight is 656 g/mol. The molecule has 48 heavy (non-hydrogen) atoms. The monoisotopic (exact) mass is 655 g/mol. The van der Waals surface area contributed by atoms with Crippen LogP contribution in [0, 0.1) is 0 Å². The van der Waals surface area contributed by atoms with Crippen LogP contribution in [-0.2, 0) is 43.2 Å². The van der Waals surface area contributed by atoms with Crippen molar-refractivity contribution in [2.24, 2.45) is 11.5 Å². The third kappa shape index (κ3) is 8.24. The molecule has 0 aliphatic heterocycles. The molecule has 4 unspecified atom stereocenters. The Labute approximate surface area is 274 Å². The normalized spacial score (nSPS) is 13.8. The fourth-order valence-electron chi connectivity index (χ4n) is 5.55. The molecule has 15 nitrogen and oxygen atoms in total. The second kappa shape index (κ2) is 15.1. The number of aromatic nitrogens is 4. The summed E-state index contributed by atoms with van der Waals surface area (Å²) in [5, 5.41) is 19.3. The maximum absolute atomic E-state index is 13.9. The van der Waals surface area contributed by atoms with Gasteiger partial charge in [-0.3, -0.25) is 19.2 Å². The number of H-pyrrole nitrogens is 3. The largest absolute Gasteiger partial charge is 0.480 e. The first kappa shape index (κ1) is 33.4. The zero-order valence-electron chi connectivity index (χ0n) is 25.9. The third-order valence-corrected chi connectivity index (χ3v) is 8.09. The number of nitrogens with zero attached hydrogens (tertiary/aromatic N) is 1. The van der Waals surface area contributed by atoms with Crippen LogP contribution in [0.25, 0.3) is 21.8 Å². The Hall–Kier alpha value is -5.96. The van der Waals surface area contributed by atoms with Gasteiger partial charge < -0.3 is 47.5 Å². The number of benzene rings is 2. The van der Waals surface area contributed by atoms with Gasteiger partial charge in [-0.15, -0.1) is 0 Å². The van der Waals surface area contributed by atoms with Crippen molar-refractivity contribution in [2.75, 3.05) is 0 Å². The summed E-state index contributed by atoms with van der Waals surface area (Å²) in [6, 6.07) is 10.1. The molecular weight excluding hydrogens is 618 g/mol. The maximum atomic E-state index is 13.9. The van der Waals surface area contributed by atoms with Gasteiger partial charge in [0.25, 0.3) is 0 Å². The SMILES string of the molecule is NC(=O)CCC(NC(=O)C(Cc1c[nH]c2ccccc12)NC(=O)C(N)Cc1c[nH]c2ccccc12)C(=O)NC(Cc1cnc[nH]1)C(=O)O. The van der Waals surface area contributed by atoms with E-state index in [1.165, 1.54) is 12.5 Å². The number of carbonyl (C=O) groups is 5. The summed E-state index contributed by atoms with van der Waals surface area (Å²) in [4.78, 5) is 77.3. The van der Waals surface area contributed by atoms with Gasteiger partial charge in [0, 0.05) is 65.4 Å². The number of imidazole rings is 1. The van der Waals surface area contributed by atoms with E-state index >= 15 is 0 Å². The van der Waals surface area contributed by atoms with Gasteiger partial charge in [0.2, 0.25) is 23.6 Å². The Morgan fingerprint density at radius 1 is 0.729 bits per heavy atom. The number of carboxylic acid groups (broad SMARTS) is 1. The van der Waals surface area contributed by atoms with Crippen LogP contribution < -0.4 is 27.4 Å². The lowest BCUT2D eigenvalue weighted by Gasteiger charge is -2.25. The van der Waals surface area contributed by atoms with E-state index in [1.807, 2.05) is 48.5 Å². The molecule has 4 atom stereocenters. The molecule has 250 valence electrons. The van der Waals surface area contributed by atoms with E-state index in [1.54, 1.807) is 12.4 Å². The van der Waals surface area contributed by atoms with Crippen LogP contribution in [0.1, 0.15) is 29.7 Å². The van der Waals surface area contributed by atoms with Gasteiger partial charge in [-0.25, -0.2) is 9.78 Å². The van der Waals surface area contributed by atoms with Crippen LogP contribution in [0.5, 0.6) is 0 Å². The lowest BCUT2D eigenvalue weighted by Crippen LogP contribution is -2.58. The van der Waals surface area contributed by atoms with E-state index in [2.05, 4.69) is 35.9 Å². The van der Waals surface area contributed by atoms with Gasteiger partial charge in [0.15, 0.2) is 0 Å². The summed E-state index contributed by atoms with van der Waals surface area (Å²) in [6.07, 6.45) is 5.95. The predicted octanol–water partition coefficient (Wildman–Crippen LogP) is 0.532. The number of fused-ring (bicyclic) bond motifs is 2. The molecule has 0 bridgehead atoms. The molecule has 0 spiro atoms. The Morgan fingerprint density at radius 3 is 1.88 bits per heavy atom. The number of rotatable bonds is 16. The number of nitrogens with one attached hydrogen (secondary N) is 6. The molecule has 15 heteroatoms. The number of aromatic amines is 3. The van der Waals surface area contributed by atoms with Gasteiger partial charge >= 0.3 is 5.97 Å². The molecule has 2 aromatic carbocycles. The number of carboxylic acids is 1. The molecule has 0 aliphatic carbocycles. The van der Waals surface area contributed by atoms with Gasteiger partial charge in [-0.1, -0.05) is 36.4 Å². The Bertz CT molecular complexity index is 1910. The highest BCUT2D eigenvalue weighted by Gasteiger charge is 2.31. The number of aliphatic carboxylic acids is 1. The van der Waals surface area contributed by atoms with Crippen molar-refractivity contribution in [1.29, 1.82) is 0 Å². The second-order valence-electron chi connectivity index (χ2n) is 11.5. The molecule has 0 radical (unpaired) electrons. The van der Waals surface area contributed by atoms with Crippen LogP contribution in [0.2, 0.25) is 0 Å². The number of nitrogens with two attached hydrogens (primary N) is 2. The third-order valence-electron chi connectivity index (χ3n) is 8.09. The lowest BCUT2D eigenvalue weighted by molar-refractivity contribution is -0.142. The standard InChI is InChI=1S/C33H37N9O6/c34-23(11-18-14-37-24-7-3-1-5-21(18)24)30(44)41-27(12-19-15-38-25-8-4-2-6-22(19)25)32(46)40-26(9-10-29(35)43)31(45)42-28(33(47)48)13-20-16-36-17-39-20/h1-8,14-17,23,26-28,37-38H,9-13,34H2,(H2,35,43)(H,36,39)(H,40,46)(H,41,44)(H,42,45)(H,47,48). The number of amides is 4. The Kier molecular flexibility index (Phi) is 10.5. The summed E-state index contributed by atoms with van der Waals surface area (Å²) in [6.45, 7) is 0. The van der Waals surface area contributed by atoms with E-state index in [0.717, 1.165) is 32.9 Å². The quantitative estimate of drug-likeness (QED) is 0.0723.